The summed E-state index contributed by atoms with van der Waals surface area (Å²) in [6.07, 6.45) is 0. The highest BCUT2D eigenvalue weighted by atomic mass is 16.6. The Hall–Kier alpha value is -3.94. The summed E-state index contributed by atoms with van der Waals surface area (Å²) in [5.41, 5.74) is 2.95. The second kappa shape index (κ2) is 9.25. The molecule has 160 valence electrons. The molecule has 8 nitrogen and oxygen atoms in total. The van der Waals surface area contributed by atoms with Crippen molar-refractivity contribution < 1.29 is 24.0 Å². The van der Waals surface area contributed by atoms with E-state index >= 15 is 0 Å². The Morgan fingerprint density at radius 3 is 2.42 bits per heavy atom. The highest BCUT2D eigenvalue weighted by Gasteiger charge is 2.22. The van der Waals surface area contributed by atoms with Gasteiger partial charge in [-0.3, -0.25) is 14.9 Å². The predicted octanol–water partition coefficient (Wildman–Crippen LogP) is 4.11. The number of methoxy groups -OCH3 is 1. The molecular formula is C23H22N2O6. The number of Topliss-reactive ketones (excluding diaryl/α,β-unsaturated/α-hetero) is 1. The monoisotopic (exact) mass is 422 g/mol. The maximum atomic E-state index is 12.8. The van der Waals surface area contributed by atoms with E-state index in [2.05, 4.69) is 4.74 Å². The van der Waals surface area contributed by atoms with E-state index in [1.54, 1.807) is 6.07 Å². The van der Waals surface area contributed by atoms with Gasteiger partial charge in [-0.15, -0.1) is 0 Å². The van der Waals surface area contributed by atoms with Gasteiger partial charge in [-0.2, -0.15) is 0 Å². The molecule has 0 N–H and O–H groups in total. The fourth-order valence-electron chi connectivity index (χ4n) is 3.34. The minimum atomic E-state index is -0.698. The zero-order valence-electron chi connectivity index (χ0n) is 17.5. The van der Waals surface area contributed by atoms with Crippen molar-refractivity contribution in [3.05, 3.63) is 92.8 Å². The number of aromatic nitrogens is 1. The normalized spacial score (nSPS) is 10.5. The van der Waals surface area contributed by atoms with Crippen molar-refractivity contribution in [1.29, 1.82) is 0 Å². The molecule has 1 aromatic heterocycles. The van der Waals surface area contributed by atoms with Crippen molar-refractivity contribution in [3.63, 3.8) is 0 Å². The number of nitrogens with zero attached hydrogens (tertiary/aromatic N) is 2. The number of benzene rings is 2. The molecule has 0 radical (unpaired) electrons. The van der Waals surface area contributed by atoms with E-state index in [4.69, 9.17) is 4.74 Å². The van der Waals surface area contributed by atoms with Crippen LogP contribution in [0.25, 0.3) is 0 Å². The second-order valence-electron chi connectivity index (χ2n) is 7.00. The molecule has 0 spiro atoms. The second-order valence-corrected chi connectivity index (χ2v) is 7.00. The third kappa shape index (κ3) is 4.80. The molecule has 0 bridgehead atoms. The highest BCUT2D eigenvalue weighted by molar-refractivity contribution is 5.98. The van der Waals surface area contributed by atoms with Gasteiger partial charge in [-0.25, -0.2) is 4.79 Å². The quantitative estimate of drug-likeness (QED) is 0.234. The molecule has 0 saturated carbocycles. The van der Waals surface area contributed by atoms with E-state index in [0.717, 1.165) is 23.0 Å². The van der Waals surface area contributed by atoms with Crippen molar-refractivity contribution in [2.75, 3.05) is 13.7 Å². The van der Waals surface area contributed by atoms with Crippen LogP contribution in [0.1, 0.15) is 37.7 Å². The number of carbonyl (C=O) groups is 2. The van der Waals surface area contributed by atoms with Crippen molar-refractivity contribution >= 4 is 17.4 Å². The van der Waals surface area contributed by atoms with Gasteiger partial charge < -0.3 is 14.0 Å². The molecule has 1 heterocycles. The maximum absolute atomic E-state index is 12.8. The molecule has 3 aromatic rings. The van der Waals surface area contributed by atoms with Gasteiger partial charge in [-0.05, 0) is 37.6 Å². The number of rotatable bonds is 8. The Morgan fingerprint density at radius 1 is 1.06 bits per heavy atom. The molecule has 0 aliphatic heterocycles. The summed E-state index contributed by atoms with van der Waals surface area (Å²) in [7, 11) is 1.19. The van der Waals surface area contributed by atoms with Gasteiger partial charge >= 0.3 is 11.7 Å². The zero-order chi connectivity index (χ0) is 22.5. The first kappa shape index (κ1) is 21.8. The topological polar surface area (TPSA) is 101 Å². The summed E-state index contributed by atoms with van der Waals surface area (Å²) >= 11 is 0. The van der Waals surface area contributed by atoms with E-state index in [9.17, 15) is 19.7 Å². The molecule has 0 atom stereocenters. The van der Waals surface area contributed by atoms with E-state index in [0.29, 0.717) is 12.1 Å². The summed E-state index contributed by atoms with van der Waals surface area (Å²) in [4.78, 5) is 35.1. The number of aryl methyl sites for hydroxylation is 1. The van der Waals surface area contributed by atoms with Crippen LogP contribution in [0, 0.1) is 24.0 Å². The van der Waals surface area contributed by atoms with Crippen LogP contribution < -0.4 is 4.74 Å². The number of esters is 1. The molecule has 0 aliphatic carbocycles. The van der Waals surface area contributed by atoms with Gasteiger partial charge in [0.05, 0.1) is 17.6 Å². The SMILES string of the molecule is COC(=O)c1ccc(OCC(=O)c2cc(C)n(Cc3ccccc3)c2C)c([N+](=O)[O-])c1. The molecule has 31 heavy (non-hydrogen) atoms. The lowest BCUT2D eigenvalue weighted by Crippen LogP contribution is -2.14. The number of ether oxygens (including phenoxy) is 2. The average Bonchev–Trinajstić information content (AvgIpc) is 3.05. The van der Waals surface area contributed by atoms with E-state index in [1.807, 2.05) is 48.7 Å². The third-order valence-corrected chi connectivity index (χ3v) is 4.99. The van der Waals surface area contributed by atoms with Crippen LogP contribution in [0.2, 0.25) is 0 Å². The van der Waals surface area contributed by atoms with Crippen molar-refractivity contribution in [1.82, 2.24) is 4.57 Å². The minimum Gasteiger partial charge on any atom is -0.478 e. The van der Waals surface area contributed by atoms with Crippen molar-refractivity contribution in [2.24, 2.45) is 0 Å². The van der Waals surface area contributed by atoms with E-state index < -0.39 is 16.6 Å². The van der Waals surface area contributed by atoms with Crippen LogP contribution in [-0.2, 0) is 11.3 Å². The van der Waals surface area contributed by atoms with E-state index in [-0.39, 0.29) is 23.7 Å². The number of nitro benzene ring substituents is 1. The summed E-state index contributed by atoms with van der Waals surface area (Å²) in [6, 6.07) is 15.4. The Kier molecular flexibility index (Phi) is 6.49. The smallest absolute Gasteiger partial charge is 0.338 e. The fourth-order valence-corrected chi connectivity index (χ4v) is 3.34. The van der Waals surface area contributed by atoms with Crippen LogP contribution in [0.4, 0.5) is 5.69 Å². The summed E-state index contributed by atoms with van der Waals surface area (Å²) in [6.45, 7) is 4.04. The summed E-state index contributed by atoms with van der Waals surface area (Å²) in [5.74, 6) is -1.08. The third-order valence-electron chi connectivity index (χ3n) is 4.99. The van der Waals surface area contributed by atoms with Gasteiger partial charge in [0.1, 0.15) is 0 Å². The summed E-state index contributed by atoms with van der Waals surface area (Å²) < 4.78 is 12.1. The lowest BCUT2D eigenvalue weighted by Gasteiger charge is -2.10. The lowest BCUT2D eigenvalue weighted by atomic mass is 10.1. The van der Waals surface area contributed by atoms with Crippen molar-refractivity contribution in [2.45, 2.75) is 20.4 Å². The number of hydrogen-bond donors (Lipinski definition) is 0. The van der Waals surface area contributed by atoms with E-state index in [1.165, 1.54) is 19.2 Å². The molecule has 0 amide bonds. The first-order valence-corrected chi connectivity index (χ1v) is 9.55. The minimum absolute atomic E-state index is 0.0253. The number of ketones is 1. The van der Waals surface area contributed by atoms with Crippen LogP contribution in [0.5, 0.6) is 5.75 Å². The Balaban J connectivity index is 1.78. The Labute approximate surface area is 179 Å². The number of hydrogen-bond acceptors (Lipinski definition) is 6. The average molecular weight is 422 g/mol. The number of carbonyl (C=O) groups excluding carboxylic acids is 2. The molecule has 0 aliphatic rings. The van der Waals surface area contributed by atoms with Gasteiger partial charge in [0.15, 0.2) is 12.4 Å². The van der Waals surface area contributed by atoms with Crippen LogP contribution in [0.3, 0.4) is 0 Å². The Morgan fingerprint density at radius 2 is 1.77 bits per heavy atom. The molecule has 0 fully saturated rings. The summed E-state index contributed by atoms with van der Waals surface area (Å²) in [5, 5.41) is 11.4. The molecular weight excluding hydrogens is 400 g/mol. The number of nitro groups is 1. The van der Waals surface area contributed by atoms with Gasteiger partial charge in [0, 0.05) is 29.6 Å². The highest BCUT2D eigenvalue weighted by Crippen LogP contribution is 2.28. The fraction of sp³-hybridized carbons (Fsp3) is 0.217. The first-order valence-electron chi connectivity index (χ1n) is 9.55. The predicted molar refractivity (Wildman–Crippen MR) is 114 cm³/mol. The van der Waals surface area contributed by atoms with Gasteiger partial charge in [0.2, 0.25) is 5.78 Å². The Bertz CT molecular complexity index is 1130. The van der Waals surface area contributed by atoms with Crippen LogP contribution in [-0.4, -0.2) is 35.0 Å². The van der Waals surface area contributed by atoms with Gasteiger partial charge in [-0.1, -0.05) is 30.3 Å². The first-order chi connectivity index (χ1) is 14.8. The maximum Gasteiger partial charge on any atom is 0.338 e. The molecule has 2 aromatic carbocycles. The standard InChI is InChI=1S/C23H22N2O6/c1-15-11-19(16(2)24(15)13-17-7-5-4-6-8-17)21(26)14-31-22-10-9-18(23(27)30-3)12-20(22)25(28)29/h4-12H,13-14H2,1-3H3. The molecule has 0 unspecified atom stereocenters. The lowest BCUT2D eigenvalue weighted by molar-refractivity contribution is -0.385. The molecule has 3 rings (SSSR count). The molecule has 0 saturated heterocycles. The van der Waals surface area contributed by atoms with Gasteiger partial charge in [0.25, 0.3) is 0 Å². The van der Waals surface area contributed by atoms with Crippen LogP contribution >= 0.6 is 0 Å². The zero-order valence-corrected chi connectivity index (χ0v) is 17.5. The molecule has 8 heteroatoms. The van der Waals surface area contributed by atoms with Crippen LogP contribution in [0.15, 0.2) is 54.6 Å². The van der Waals surface area contributed by atoms with Crippen molar-refractivity contribution in [3.8, 4) is 5.75 Å². The largest absolute Gasteiger partial charge is 0.478 e.